The van der Waals surface area contributed by atoms with Crippen LogP contribution in [0.15, 0.2) is 30.6 Å². The van der Waals surface area contributed by atoms with Crippen LogP contribution in [0.5, 0.6) is 11.5 Å². The van der Waals surface area contributed by atoms with Gasteiger partial charge in [-0.3, -0.25) is 14.9 Å². The Labute approximate surface area is 191 Å². The van der Waals surface area contributed by atoms with Gasteiger partial charge in [0.25, 0.3) is 5.91 Å². The Morgan fingerprint density at radius 3 is 2.42 bits per heavy atom. The molecule has 0 radical (unpaired) electrons. The van der Waals surface area contributed by atoms with Crippen LogP contribution < -0.4 is 29.9 Å². The van der Waals surface area contributed by atoms with Crippen LogP contribution in [0.3, 0.4) is 0 Å². The van der Waals surface area contributed by atoms with E-state index in [4.69, 9.17) is 9.47 Å². The van der Waals surface area contributed by atoms with Crippen LogP contribution in [0, 0.1) is 0 Å². The van der Waals surface area contributed by atoms with Gasteiger partial charge in [-0.1, -0.05) is 0 Å². The molecule has 4 heterocycles. The van der Waals surface area contributed by atoms with Gasteiger partial charge in [-0.05, 0) is 29.3 Å². The van der Waals surface area contributed by atoms with Crippen LogP contribution in [0.1, 0.15) is 21.7 Å². The van der Waals surface area contributed by atoms with Gasteiger partial charge in [-0.25, -0.2) is 0 Å². The van der Waals surface area contributed by atoms with Crippen LogP contribution in [0.4, 0.5) is 17.3 Å². The Morgan fingerprint density at radius 1 is 1.06 bits per heavy atom. The number of fused-ring (bicyclic) bond motifs is 1. The molecule has 11 heteroatoms. The maximum absolute atomic E-state index is 12.9. The van der Waals surface area contributed by atoms with Crippen LogP contribution >= 0.6 is 0 Å². The first-order valence-corrected chi connectivity index (χ1v) is 10.8. The quantitative estimate of drug-likeness (QED) is 0.512. The molecule has 2 aliphatic heterocycles. The topological polar surface area (TPSA) is 121 Å². The predicted molar refractivity (Wildman–Crippen MR) is 123 cm³/mol. The Hall–Kier alpha value is -3.86. The van der Waals surface area contributed by atoms with E-state index < -0.39 is 0 Å². The number of benzene rings is 1. The second kappa shape index (κ2) is 8.94. The van der Waals surface area contributed by atoms with E-state index in [2.05, 4.69) is 35.7 Å². The first-order chi connectivity index (χ1) is 16.2. The van der Waals surface area contributed by atoms with E-state index in [1.54, 1.807) is 26.6 Å². The zero-order valence-corrected chi connectivity index (χ0v) is 18.6. The molecule has 172 valence electrons. The highest BCUT2D eigenvalue weighted by molar-refractivity contribution is 6.03. The molecule has 11 nitrogen and oxygen atoms in total. The molecular formula is C22H26N8O3. The third kappa shape index (κ3) is 4.14. The van der Waals surface area contributed by atoms with Gasteiger partial charge in [-0.2, -0.15) is 4.98 Å². The maximum Gasteiger partial charge on any atom is 0.293 e. The average molecular weight is 451 g/mol. The van der Waals surface area contributed by atoms with E-state index in [1.165, 1.54) is 0 Å². The fourth-order valence-corrected chi connectivity index (χ4v) is 4.21. The minimum atomic E-state index is -0.363. The molecule has 0 aliphatic carbocycles. The number of ether oxygens (including phenoxy) is 2. The lowest BCUT2D eigenvalue weighted by atomic mass is 10.1. The molecule has 33 heavy (non-hydrogen) atoms. The van der Waals surface area contributed by atoms with Crippen molar-refractivity contribution in [2.45, 2.75) is 13.1 Å². The molecule has 2 aromatic heterocycles. The van der Waals surface area contributed by atoms with Gasteiger partial charge in [0.05, 0.1) is 31.8 Å². The number of hydrogen-bond donors (Lipinski definition) is 3. The van der Waals surface area contributed by atoms with Crippen LogP contribution in [0.25, 0.3) is 0 Å². The molecule has 1 saturated heterocycles. The summed E-state index contributed by atoms with van der Waals surface area (Å²) in [6.07, 6.45) is 3.39. The van der Waals surface area contributed by atoms with Crippen molar-refractivity contribution in [2.75, 3.05) is 55.5 Å². The van der Waals surface area contributed by atoms with Crippen molar-refractivity contribution in [3.05, 3.63) is 47.5 Å². The number of piperazine rings is 1. The van der Waals surface area contributed by atoms with Gasteiger partial charge in [-0.15, -0.1) is 5.10 Å². The summed E-state index contributed by atoms with van der Waals surface area (Å²) in [6.45, 7) is 4.76. The minimum Gasteiger partial charge on any atom is -0.493 e. The summed E-state index contributed by atoms with van der Waals surface area (Å²) >= 11 is 0. The molecule has 1 fully saturated rings. The van der Waals surface area contributed by atoms with Gasteiger partial charge < -0.3 is 29.9 Å². The second-order valence-corrected chi connectivity index (χ2v) is 7.90. The van der Waals surface area contributed by atoms with Gasteiger partial charge in [0.15, 0.2) is 11.5 Å². The SMILES string of the molecule is COc1cc2c(cc1OC)CN(c1n[nH]c(C(=O)Nc3cnccc3N3CCNCC3)n1)C2. The highest BCUT2D eigenvalue weighted by Gasteiger charge is 2.26. The molecule has 1 aromatic carbocycles. The van der Waals surface area contributed by atoms with Crippen molar-refractivity contribution in [3.63, 3.8) is 0 Å². The number of rotatable bonds is 6. The highest BCUT2D eigenvalue weighted by atomic mass is 16.5. The van der Waals surface area contributed by atoms with Crippen molar-refractivity contribution in [1.82, 2.24) is 25.5 Å². The number of H-pyrrole nitrogens is 1. The fraction of sp³-hybridized carbons (Fsp3) is 0.364. The van der Waals surface area contributed by atoms with Gasteiger partial charge in [0.2, 0.25) is 11.8 Å². The van der Waals surface area contributed by atoms with E-state index in [-0.39, 0.29) is 11.7 Å². The first-order valence-electron chi connectivity index (χ1n) is 10.8. The van der Waals surface area contributed by atoms with Gasteiger partial charge in [0, 0.05) is 45.5 Å². The Bertz CT molecular complexity index is 1130. The number of carbonyl (C=O) groups is 1. The molecule has 3 N–H and O–H groups in total. The summed E-state index contributed by atoms with van der Waals surface area (Å²) < 4.78 is 10.8. The van der Waals surface area contributed by atoms with Crippen LogP contribution in [0.2, 0.25) is 0 Å². The number of aromatic amines is 1. The molecule has 0 saturated carbocycles. The fourth-order valence-electron chi connectivity index (χ4n) is 4.21. The standard InChI is InChI=1S/C22H26N8O3/c1-32-18-9-14-12-30(13-15(14)10-19(18)33-2)22-26-20(27-28-22)21(31)25-16-11-24-4-3-17(16)29-7-5-23-6-8-29/h3-4,9-11,23H,5-8,12-13H2,1-2H3,(H,25,31)(H,26,27,28). The monoisotopic (exact) mass is 450 g/mol. The number of amides is 1. The number of aromatic nitrogens is 4. The van der Waals surface area contributed by atoms with E-state index >= 15 is 0 Å². The summed E-state index contributed by atoms with van der Waals surface area (Å²) in [4.78, 5) is 25.7. The lowest BCUT2D eigenvalue weighted by molar-refractivity contribution is 0.101. The van der Waals surface area contributed by atoms with Crippen molar-refractivity contribution >= 4 is 23.2 Å². The molecule has 0 unspecified atom stereocenters. The van der Waals surface area contributed by atoms with Gasteiger partial charge >= 0.3 is 0 Å². The molecule has 3 aromatic rings. The molecule has 0 spiro atoms. The number of nitrogens with one attached hydrogen (secondary N) is 3. The second-order valence-electron chi connectivity index (χ2n) is 7.90. The van der Waals surface area contributed by atoms with E-state index in [0.717, 1.165) is 43.0 Å². The van der Waals surface area contributed by atoms with E-state index in [1.807, 2.05) is 23.1 Å². The smallest absolute Gasteiger partial charge is 0.293 e. The lowest BCUT2D eigenvalue weighted by Crippen LogP contribution is -2.43. The number of hydrogen-bond acceptors (Lipinski definition) is 9. The molecule has 1 amide bonds. The number of anilines is 3. The zero-order chi connectivity index (χ0) is 22.8. The third-order valence-corrected chi connectivity index (χ3v) is 5.90. The normalized spacial score (nSPS) is 15.3. The summed E-state index contributed by atoms with van der Waals surface area (Å²) in [6, 6.07) is 5.85. The summed E-state index contributed by atoms with van der Waals surface area (Å²) in [7, 11) is 3.24. The highest BCUT2D eigenvalue weighted by Crippen LogP contribution is 2.36. The summed E-state index contributed by atoms with van der Waals surface area (Å²) in [5.41, 5.74) is 3.81. The largest absolute Gasteiger partial charge is 0.493 e. The molecule has 0 bridgehead atoms. The minimum absolute atomic E-state index is 0.145. The number of carbonyl (C=O) groups excluding carboxylic acids is 1. The third-order valence-electron chi connectivity index (χ3n) is 5.90. The Morgan fingerprint density at radius 2 is 1.76 bits per heavy atom. The molecule has 5 rings (SSSR count). The number of pyridine rings is 1. The van der Waals surface area contributed by atoms with Crippen molar-refractivity contribution < 1.29 is 14.3 Å². The first kappa shape index (κ1) is 21.0. The van der Waals surface area contributed by atoms with Crippen molar-refractivity contribution in [2.24, 2.45) is 0 Å². The maximum atomic E-state index is 12.9. The van der Waals surface area contributed by atoms with Crippen molar-refractivity contribution in [1.29, 1.82) is 0 Å². The zero-order valence-electron chi connectivity index (χ0n) is 18.6. The lowest BCUT2D eigenvalue weighted by Gasteiger charge is -2.30. The number of methoxy groups -OCH3 is 2. The van der Waals surface area contributed by atoms with E-state index in [9.17, 15) is 4.79 Å². The molecule has 2 aliphatic rings. The van der Waals surface area contributed by atoms with E-state index in [0.29, 0.717) is 36.2 Å². The number of nitrogens with zero attached hydrogens (tertiary/aromatic N) is 5. The van der Waals surface area contributed by atoms with Crippen molar-refractivity contribution in [3.8, 4) is 11.5 Å². The van der Waals surface area contributed by atoms with Gasteiger partial charge in [0.1, 0.15) is 0 Å². The Kier molecular flexibility index (Phi) is 5.69. The summed E-state index contributed by atoms with van der Waals surface area (Å²) in [5, 5.41) is 13.3. The Balaban J connectivity index is 1.30. The van der Waals surface area contributed by atoms with Crippen LogP contribution in [-0.4, -0.2) is 66.5 Å². The molecular weight excluding hydrogens is 424 g/mol. The summed E-state index contributed by atoms with van der Waals surface area (Å²) in [5.74, 6) is 1.61. The average Bonchev–Trinajstić information content (AvgIpc) is 3.51. The molecule has 0 atom stereocenters. The predicted octanol–water partition coefficient (Wildman–Crippen LogP) is 1.40. The van der Waals surface area contributed by atoms with Crippen LogP contribution in [-0.2, 0) is 13.1 Å².